The quantitative estimate of drug-likeness (QED) is 0.231. The van der Waals surface area contributed by atoms with Crippen molar-refractivity contribution < 1.29 is 33.0 Å². The van der Waals surface area contributed by atoms with Crippen molar-refractivity contribution in [2.24, 2.45) is 5.84 Å². The van der Waals surface area contributed by atoms with Gasteiger partial charge in [-0.1, -0.05) is 17.7 Å². The smallest absolute Gasteiger partial charge is 0.343 e. The zero-order chi connectivity index (χ0) is 24.5. The molecule has 0 fully saturated rings. The maximum atomic E-state index is 13.7. The highest BCUT2D eigenvalue weighted by atomic mass is 35.5. The Kier molecular flexibility index (Phi) is 9.76. The van der Waals surface area contributed by atoms with Crippen molar-refractivity contribution >= 4 is 41.7 Å². The van der Waals surface area contributed by atoms with Gasteiger partial charge in [0.05, 0.1) is 28.9 Å². The summed E-state index contributed by atoms with van der Waals surface area (Å²) in [5.74, 6) is 3.17. The second kappa shape index (κ2) is 11.8. The Balaban J connectivity index is 0.000000633. The molecule has 3 amide bonds. The van der Waals surface area contributed by atoms with E-state index in [1.807, 2.05) is 26.1 Å². The fraction of sp³-hybridized carbons (Fsp3) is 0.238. The molecule has 0 spiro atoms. The van der Waals surface area contributed by atoms with Crippen molar-refractivity contribution in [2.45, 2.75) is 26.4 Å². The molecule has 0 radical (unpaired) electrons. The van der Waals surface area contributed by atoms with E-state index in [9.17, 15) is 23.6 Å². The summed E-state index contributed by atoms with van der Waals surface area (Å²) in [7, 11) is 1.23. The van der Waals surface area contributed by atoms with Crippen molar-refractivity contribution in [2.75, 3.05) is 12.1 Å². The van der Waals surface area contributed by atoms with Gasteiger partial charge in [0.25, 0.3) is 12.4 Å². The van der Waals surface area contributed by atoms with Gasteiger partial charge in [-0.05, 0) is 57.2 Å². The van der Waals surface area contributed by atoms with E-state index in [2.05, 4.69) is 9.47 Å². The van der Waals surface area contributed by atoms with Gasteiger partial charge in [-0.25, -0.2) is 24.8 Å². The first-order valence-electron chi connectivity index (χ1n) is 9.05. The minimum Gasteiger partial charge on any atom is -0.465 e. The zero-order valence-corrected chi connectivity index (χ0v) is 18.6. The van der Waals surface area contributed by atoms with E-state index in [-0.39, 0.29) is 21.9 Å². The Morgan fingerprint density at radius 1 is 1.12 bits per heavy atom. The highest BCUT2D eigenvalue weighted by Crippen LogP contribution is 2.19. The normalized spacial score (nSPS) is 10.2. The summed E-state index contributed by atoms with van der Waals surface area (Å²) in [6.45, 7) is 5.92. The molecule has 0 aliphatic rings. The summed E-state index contributed by atoms with van der Waals surface area (Å²) in [5.41, 5.74) is -0.333. The predicted octanol–water partition coefficient (Wildman–Crippen LogP) is 3.45. The second-order valence-corrected chi connectivity index (χ2v) is 7.50. The number of esters is 1. The van der Waals surface area contributed by atoms with Crippen molar-refractivity contribution in [3.8, 4) is 0 Å². The number of ether oxygens (including phenoxy) is 2. The topological polar surface area (TPSA) is 128 Å². The number of imide groups is 1. The molecule has 0 heterocycles. The van der Waals surface area contributed by atoms with Gasteiger partial charge in [0, 0.05) is 0 Å². The van der Waals surface area contributed by atoms with E-state index in [0.717, 1.165) is 6.07 Å². The number of urea groups is 1. The van der Waals surface area contributed by atoms with Crippen LogP contribution in [0.4, 0.5) is 14.9 Å². The first-order chi connectivity index (χ1) is 14.9. The molecule has 2 rings (SSSR count). The molecule has 0 bridgehead atoms. The van der Waals surface area contributed by atoms with Gasteiger partial charge in [0.15, 0.2) is 0 Å². The van der Waals surface area contributed by atoms with E-state index >= 15 is 0 Å². The number of hydrazine groups is 1. The molecular weight excluding hydrogens is 445 g/mol. The molecule has 0 aromatic heterocycles. The van der Waals surface area contributed by atoms with Crippen LogP contribution in [0.1, 0.15) is 41.5 Å². The maximum absolute atomic E-state index is 13.7. The lowest BCUT2D eigenvalue weighted by atomic mass is 10.2. The number of benzene rings is 2. The molecule has 172 valence electrons. The van der Waals surface area contributed by atoms with Crippen molar-refractivity contribution in [3.63, 3.8) is 0 Å². The fourth-order valence-electron chi connectivity index (χ4n) is 2.07. The van der Waals surface area contributed by atoms with Crippen molar-refractivity contribution in [1.82, 2.24) is 5.32 Å². The molecular formula is C21H23ClFN3O6. The van der Waals surface area contributed by atoms with E-state index < -0.39 is 29.3 Å². The number of nitrogens with two attached hydrogens (primary N) is 1. The van der Waals surface area contributed by atoms with Gasteiger partial charge >= 0.3 is 12.0 Å². The number of hydrogen-bond donors (Lipinski definition) is 2. The minimum absolute atomic E-state index is 0.142. The van der Waals surface area contributed by atoms with Crippen LogP contribution < -0.4 is 16.2 Å². The van der Waals surface area contributed by atoms with E-state index in [4.69, 9.17) is 17.4 Å². The molecule has 11 heteroatoms. The molecule has 3 N–H and O–H groups in total. The maximum Gasteiger partial charge on any atom is 0.343 e. The molecule has 2 aromatic carbocycles. The summed E-state index contributed by atoms with van der Waals surface area (Å²) in [5, 5.41) is 2.42. The van der Waals surface area contributed by atoms with Gasteiger partial charge in [0.2, 0.25) is 0 Å². The molecule has 2 aromatic rings. The molecule has 0 saturated heterocycles. The van der Waals surface area contributed by atoms with Gasteiger partial charge < -0.3 is 9.47 Å². The molecule has 0 atom stereocenters. The van der Waals surface area contributed by atoms with Crippen LogP contribution in [0.15, 0.2) is 42.5 Å². The van der Waals surface area contributed by atoms with Crippen molar-refractivity contribution in [3.05, 3.63) is 64.4 Å². The lowest BCUT2D eigenvalue weighted by molar-refractivity contribution is -0.138. The van der Waals surface area contributed by atoms with E-state index in [1.165, 1.54) is 43.5 Å². The third kappa shape index (κ3) is 7.97. The highest BCUT2D eigenvalue weighted by molar-refractivity contribution is 6.34. The summed E-state index contributed by atoms with van der Waals surface area (Å²) in [4.78, 5) is 45.0. The average molecular weight is 468 g/mol. The third-order valence-electron chi connectivity index (χ3n) is 3.60. The minimum atomic E-state index is -1.03. The largest absolute Gasteiger partial charge is 0.465 e. The Bertz CT molecular complexity index is 956. The molecule has 0 unspecified atom stereocenters. The number of amides is 3. The number of carbonyl (C=O) groups excluding carboxylic acids is 4. The van der Waals surface area contributed by atoms with Crippen LogP contribution in [0.3, 0.4) is 0 Å². The van der Waals surface area contributed by atoms with Crippen LogP contribution in [-0.2, 0) is 14.3 Å². The molecule has 0 aliphatic carbocycles. The SMILES string of the molecule is CC(C)(C)OC=O.COC(=O)c1ccc(N(N)C(=O)NC(=O)c2c(F)cccc2Cl)cc1. The number of nitrogens with one attached hydrogen (secondary N) is 1. The molecule has 0 saturated carbocycles. The summed E-state index contributed by atoms with van der Waals surface area (Å²) < 4.78 is 22.8. The van der Waals surface area contributed by atoms with Gasteiger partial charge in [0.1, 0.15) is 11.4 Å². The Morgan fingerprint density at radius 2 is 1.72 bits per heavy atom. The average Bonchev–Trinajstić information content (AvgIpc) is 2.72. The Labute approximate surface area is 189 Å². The van der Waals surface area contributed by atoms with Gasteiger partial charge in [-0.3, -0.25) is 14.9 Å². The number of halogens is 2. The van der Waals surface area contributed by atoms with E-state index in [1.54, 1.807) is 0 Å². The number of nitrogens with zero attached hydrogens (tertiary/aromatic N) is 1. The van der Waals surface area contributed by atoms with Crippen molar-refractivity contribution in [1.29, 1.82) is 0 Å². The fourth-order valence-corrected chi connectivity index (χ4v) is 2.32. The number of methoxy groups -OCH3 is 1. The number of carbonyl (C=O) groups is 4. The number of rotatable bonds is 4. The monoisotopic (exact) mass is 467 g/mol. The second-order valence-electron chi connectivity index (χ2n) is 7.09. The van der Waals surface area contributed by atoms with E-state index in [0.29, 0.717) is 11.5 Å². The van der Waals surface area contributed by atoms with Crippen LogP contribution in [0.5, 0.6) is 0 Å². The highest BCUT2D eigenvalue weighted by Gasteiger charge is 2.21. The first kappa shape index (κ1) is 26.5. The summed E-state index contributed by atoms with van der Waals surface area (Å²) >= 11 is 5.76. The standard InChI is InChI=1S/C16H13ClFN3O4.C5H10O2/c1-25-15(23)9-5-7-10(8-6-9)21(19)16(24)20-14(22)13-11(17)3-2-4-12(13)18;1-5(2,3)7-4-6/h2-8H,19H2,1H3,(H,20,22,24);4H,1-3H3. The first-order valence-corrected chi connectivity index (χ1v) is 9.43. The molecule has 0 aliphatic heterocycles. The van der Waals surface area contributed by atoms with Crippen LogP contribution >= 0.6 is 11.6 Å². The van der Waals surface area contributed by atoms with Gasteiger partial charge in [-0.2, -0.15) is 0 Å². The lowest BCUT2D eigenvalue weighted by Gasteiger charge is -2.17. The summed E-state index contributed by atoms with van der Waals surface area (Å²) in [6, 6.07) is 8.23. The van der Waals surface area contributed by atoms with Gasteiger partial charge in [-0.15, -0.1) is 0 Å². The zero-order valence-electron chi connectivity index (χ0n) is 17.8. The Morgan fingerprint density at radius 3 is 2.16 bits per heavy atom. The number of anilines is 1. The third-order valence-corrected chi connectivity index (χ3v) is 3.91. The molecule has 32 heavy (non-hydrogen) atoms. The number of hydrogen-bond acceptors (Lipinski definition) is 7. The Hall–Kier alpha value is -3.50. The molecule has 9 nitrogen and oxygen atoms in total. The van der Waals surface area contributed by atoms with Crippen LogP contribution in [0.2, 0.25) is 5.02 Å². The summed E-state index contributed by atoms with van der Waals surface area (Å²) in [6.07, 6.45) is 0. The van der Waals surface area contributed by atoms with Crippen LogP contribution in [0.25, 0.3) is 0 Å². The lowest BCUT2D eigenvalue weighted by Crippen LogP contribution is -2.47. The predicted molar refractivity (Wildman–Crippen MR) is 116 cm³/mol. The van der Waals surface area contributed by atoms with Crippen LogP contribution in [0, 0.1) is 5.82 Å². The van der Waals surface area contributed by atoms with Crippen LogP contribution in [-0.4, -0.2) is 37.1 Å².